The van der Waals surface area contributed by atoms with Gasteiger partial charge in [0.2, 0.25) is 0 Å². The minimum absolute atomic E-state index is 0.181. The maximum atomic E-state index is 13.9. The van der Waals surface area contributed by atoms with Crippen molar-refractivity contribution in [2.24, 2.45) is 17.1 Å². The molecule has 1 aromatic carbocycles. The molecule has 1 aliphatic rings. The Hall–Kier alpha value is -1.09. The molecule has 1 fully saturated rings. The quantitative estimate of drug-likeness (QED) is 0.901. The summed E-state index contributed by atoms with van der Waals surface area (Å²) in [4.78, 5) is 0. The Kier molecular flexibility index (Phi) is 4.62. The van der Waals surface area contributed by atoms with Crippen molar-refractivity contribution in [2.75, 3.05) is 7.11 Å². The number of ether oxygens (including phenoxy) is 1. The Bertz CT molecular complexity index is 494. The van der Waals surface area contributed by atoms with Crippen LogP contribution in [0.3, 0.4) is 0 Å². The average Bonchev–Trinajstić information content (AvgIpc) is 2.37. The summed E-state index contributed by atoms with van der Waals surface area (Å²) in [6.07, 6.45) is 5.33. The molecule has 2 rings (SSSR count). The molecule has 3 heteroatoms. The van der Waals surface area contributed by atoms with Gasteiger partial charge in [0, 0.05) is 5.54 Å². The number of hydrogen-bond donors (Lipinski definition) is 1. The fourth-order valence-electron chi connectivity index (χ4n) is 3.97. The summed E-state index contributed by atoms with van der Waals surface area (Å²) in [6, 6.07) is 5.20. The number of hydrogen-bond acceptors (Lipinski definition) is 2. The Morgan fingerprint density at radius 3 is 2.62 bits per heavy atom. The molecule has 0 aromatic heterocycles. The lowest BCUT2D eigenvalue weighted by Crippen LogP contribution is -2.55. The van der Waals surface area contributed by atoms with Crippen molar-refractivity contribution in [3.63, 3.8) is 0 Å². The topological polar surface area (TPSA) is 35.2 Å². The third kappa shape index (κ3) is 3.57. The van der Waals surface area contributed by atoms with Gasteiger partial charge in [-0.2, -0.15) is 0 Å². The highest BCUT2D eigenvalue weighted by atomic mass is 19.1. The van der Waals surface area contributed by atoms with Crippen LogP contribution in [0.5, 0.6) is 5.75 Å². The Morgan fingerprint density at radius 2 is 2.05 bits per heavy atom. The van der Waals surface area contributed by atoms with Crippen molar-refractivity contribution in [3.8, 4) is 5.75 Å². The molecule has 2 N–H and O–H groups in total. The van der Waals surface area contributed by atoms with Crippen LogP contribution in [0.2, 0.25) is 0 Å². The first-order valence-corrected chi connectivity index (χ1v) is 7.87. The zero-order valence-electron chi connectivity index (χ0n) is 13.7. The SMILES string of the molecule is COc1ccc(CC2(N)CCCCC2C(C)(C)C)cc1F. The molecule has 0 radical (unpaired) electrons. The van der Waals surface area contributed by atoms with E-state index in [2.05, 4.69) is 20.8 Å². The Balaban J connectivity index is 2.24. The summed E-state index contributed by atoms with van der Waals surface area (Å²) >= 11 is 0. The van der Waals surface area contributed by atoms with Crippen LogP contribution in [-0.4, -0.2) is 12.6 Å². The van der Waals surface area contributed by atoms with Crippen LogP contribution >= 0.6 is 0 Å². The van der Waals surface area contributed by atoms with Crippen LogP contribution in [0.15, 0.2) is 18.2 Å². The van der Waals surface area contributed by atoms with Gasteiger partial charge in [-0.1, -0.05) is 39.7 Å². The van der Waals surface area contributed by atoms with Gasteiger partial charge in [-0.3, -0.25) is 0 Å². The van der Waals surface area contributed by atoms with Crippen LogP contribution in [0, 0.1) is 17.2 Å². The van der Waals surface area contributed by atoms with Crippen molar-refractivity contribution in [3.05, 3.63) is 29.6 Å². The number of rotatable bonds is 3. The molecule has 0 saturated heterocycles. The largest absolute Gasteiger partial charge is 0.494 e. The summed E-state index contributed by atoms with van der Waals surface area (Å²) in [5, 5.41) is 0. The van der Waals surface area contributed by atoms with Gasteiger partial charge in [0.05, 0.1) is 7.11 Å². The van der Waals surface area contributed by atoms with Crippen molar-refractivity contribution in [1.29, 1.82) is 0 Å². The maximum absolute atomic E-state index is 13.9. The van der Waals surface area contributed by atoms with Crippen LogP contribution in [0.4, 0.5) is 4.39 Å². The summed E-state index contributed by atoms with van der Waals surface area (Å²) in [5.41, 5.74) is 7.70. The summed E-state index contributed by atoms with van der Waals surface area (Å²) in [5.74, 6) is 0.450. The zero-order chi connectivity index (χ0) is 15.7. The molecule has 1 aromatic rings. The molecular formula is C18H28FNO. The molecule has 2 atom stereocenters. The third-order valence-corrected chi connectivity index (χ3v) is 4.87. The predicted molar refractivity (Wildman–Crippen MR) is 85.0 cm³/mol. The van der Waals surface area contributed by atoms with Gasteiger partial charge >= 0.3 is 0 Å². The van der Waals surface area contributed by atoms with Crippen molar-refractivity contribution in [1.82, 2.24) is 0 Å². The average molecular weight is 293 g/mol. The molecule has 21 heavy (non-hydrogen) atoms. The van der Waals surface area contributed by atoms with Crippen molar-refractivity contribution < 1.29 is 9.13 Å². The van der Waals surface area contributed by atoms with Gasteiger partial charge in [0.25, 0.3) is 0 Å². The van der Waals surface area contributed by atoms with Gasteiger partial charge in [-0.25, -0.2) is 4.39 Å². The molecule has 0 aliphatic heterocycles. The lowest BCUT2D eigenvalue weighted by Gasteiger charge is -2.48. The Morgan fingerprint density at radius 1 is 1.33 bits per heavy atom. The molecule has 0 bridgehead atoms. The minimum Gasteiger partial charge on any atom is -0.494 e. The summed E-state index contributed by atoms with van der Waals surface area (Å²) in [7, 11) is 1.49. The first kappa shape index (κ1) is 16.3. The molecule has 0 amide bonds. The molecular weight excluding hydrogens is 265 g/mol. The molecule has 0 heterocycles. The second kappa shape index (κ2) is 5.96. The van der Waals surface area contributed by atoms with E-state index < -0.39 is 0 Å². The van der Waals surface area contributed by atoms with Crippen molar-refractivity contribution in [2.45, 2.75) is 58.4 Å². The second-order valence-corrected chi connectivity index (χ2v) is 7.54. The van der Waals surface area contributed by atoms with Crippen LogP contribution in [-0.2, 0) is 6.42 Å². The van der Waals surface area contributed by atoms with E-state index in [0.717, 1.165) is 18.4 Å². The lowest BCUT2D eigenvalue weighted by atomic mass is 9.61. The van der Waals surface area contributed by atoms with E-state index in [0.29, 0.717) is 11.7 Å². The molecule has 2 nitrogen and oxygen atoms in total. The second-order valence-electron chi connectivity index (χ2n) is 7.54. The van der Waals surface area contributed by atoms with Gasteiger partial charge in [0.1, 0.15) is 0 Å². The van der Waals surface area contributed by atoms with Gasteiger partial charge < -0.3 is 10.5 Å². The normalized spacial score (nSPS) is 26.7. The van der Waals surface area contributed by atoms with Crippen LogP contribution in [0.1, 0.15) is 52.0 Å². The van der Waals surface area contributed by atoms with Crippen LogP contribution < -0.4 is 10.5 Å². The molecule has 2 unspecified atom stereocenters. The summed E-state index contributed by atoms with van der Waals surface area (Å²) < 4.78 is 18.9. The standard InChI is InChI=1S/C18H28FNO/c1-17(2,3)16-7-5-6-10-18(16,20)12-13-8-9-15(21-4)14(19)11-13/h8-9,11,16H,5-7,10,12,20H2,1-4H3. The third-order valence-electron chi connectivity index (χ3n) is 4.87. The van der Waals surface area contributed by atoms with Gasteiger partial charge in [-0.05, 0) is 48.3 Å². The fraction of sp³-hybridized carbons (Fsp3) is 0.667. The van der Waals surface area contributed by atoms with E-state index in [9.17, 15) is 4.39 Å². The maximum Gasteiger partial charge on any atom is 0.165 e. The monoisotopic (exact) mass is 293 g/mol. The molecule has 118 valence electrons. The predicted octanol–water partition coefficient (Wildman–Crippen LogP) is 4.31. The summed E-state index contributed by atoms with van der Waals surface area (Å²) in [6.45, 7) is 6.79. The molecule has 0 spiro atoms. The smallest absolute Gasteiger partial charge is 0.165 e. The first-order chi connectivity index (χ1) is 9.76. The molecule has 1 aliphatic carbocycles. The van der Waals surface area contributed by atoms with Crippen LogP contribution in [0.25, 0.3) is 0 Å². The van der Waals surface area contributed by atoms with Gasteiger partial charge in [0.15, 0.2) is 11.6 Å². The highest BCUT2D eigenvalue weighted by molar-refractivity contribution is 5.30. The van der Waals surface area contributed by atoms with E-state index in [-0.39, 0.29) is 16.8 Å². The van der Waals surface area contributed by atoms with E-state index in [1.165, 1.54) is 26.4 Å². The number of benzene rings is 1. The molecule has 1 saturated carbocycles. The Labute approximate surface area is 127 Å². The van der Waals surface area contributed by atoms with E-state index >= 15 is 0 Å². The number of halogens is 1. The van der Waals surface area contributed by atoms with Gasteiger partial charge in [-0.15, -0.1) is 0 Å². The van der Waals surface area contributed by atoms with E-state index in [1.54, 1.807) is 12.1 Å². The highest BCUT2D eigenvalue weighted by Crippen LogP contribution is 2.44. The van der Waals surface area contributed by atoms with E-state index in [4.69, 9.17) is 10.5 Å². The van der Waals surface area contributed by atoms with E-state index in [1.807, 2.05) is 6.07 Å². The minimum atomic E-state index is -0.304. The van der Waals surface area contributed by atoms with Crippen molar-refractivity contribution >= 4 is 0 Å². The highest BCUT2D eigenvalue weighted by Gasteiger charge is 2.43. The zero-order valence-corrected chi connectivity index (χ0v) is 13.7. The fourth-order valence-corrected chi connectivity index (χ4v) is 3.97. The number of methoxy groups -OCH3 is 1. The lowest BCUT2D eigenvalue weighted by molar-refractivity contribution is 0.0792. The first-order valence-electron chi connectivity index (χ1n) is 7.87. The number of nitrogens with two attached hydrogens (primary N) is 1.